The topological polar surface area (TPSA) is 164 Å². The monoisotopic (exact) mass is 749 g/mol. The smallest absolute Gasteiger partial charge is 0.410 e. The predicted octanol–water partition coefficient (Wildman–Crippen LogP) is 5.19. The van der Waals surface area contributed by atoms with Gasteiger partial charge >= 0.3 is 18.2 Å². The summed E-state index contributed by atoms with van der Waals surface area (Å²) in [5, 5.41) is 5.76. The molecule has 2 N–H and O–H groups in total. The Hall–Kier alpha value is -3.84. The lowest BCUT2D eigenvalue weighted by atomic mass is 9.93. The number of amides is 5. The van der Waals surface area contributed by atoms with Crippen molar-refractivity contribution in [2.24, 2.45) is 11.8 Å². The van der Waals surface area contributed by atoms with Crippen LogP contribution in [0.5, 0.6) is 0 Å². The zero-order valence-corrected chi connectivity index (χ0v) is 34.1. The molecule has 2 fully saturated rings. The molecule has 0 aromatic rings. The van der Waals surface area contributed by atoms with E-state index in [1.807, 2.05) is 41.5 Å². The van der Waals surface area contributed by atoms with Crippen molar-refractivity contribution in [1.82, 2.24) is 25.3 Å². The van der Waals surface area contributed by atoms with Crippen molar-refractivity contribution in [3.63, 3.8) is 0 Å². The maximum Gasteiger partial charge on any atom is 0.410 e. The summed E-state index contributed by atoms with van der Waals surface area (Å²) in [5.74, 6) is -1.77. The largest absolute Gasteiger partial charge is 0.460 e. The van der Waals surface area contributed by atoms with Crippen LogP contribution in [0.1, 0.15) is 121 Å². The van der Waals surface area contributed by atoms with Gasteiger partial charge < -0.3 is 34.6 Å². The lowest BCUT2D eigenvalue weighted by molar-refractivity contribution is -0.143. The molecule has 0 aromatic carbocycles. The van der Waals surface area contributed by atoms with Gasteiger partial charge in [-0.3, -0.25) is 19.3 Å². The summed E-state index contributed by atoms with van der Waals surface area (Å²) in [7, 11) is 0. The number of piperidine rings is 1. The first-order chi connectivity index (χ1) is 24.6. The fraction of sp³-hybridized carbons (Fsp3) is 0.795. The second-order valence-corrected chi connectivity index (χ2v) is 16.7. The van der Waals surface area contributed by atoms with Crippen LogP contribution in [0.15, 0.2) is 12.2 Å². The molecule has 0 spiro atoms. The average Bonchev–Trinajstić information content (AvgIpc) is 3.53. The summed E-state index contributed by atoms with van der Waals surface area (Å²) in [6.07, 6.45) is 5.15. The van der Waals surface area contributed by atoms with Crippen LogP contribution in [0, 0.1) is 11.8 Å². The van der Waals surface area contributed by atoms with Crippen molar-refractivity contribution in [3.05, 3.63) is 12.2 Å². The first kappa shape index (κ1) is 45.3. The highest BCUT2D eigenvalue weighted by atomic mass is 16.6. The number of hydrogen-bond acceptors (Lipinski definition) is 9. The van der Waals surface area contributed by atoms with Crippen LogP contribution < -0.4 is 10.6 Å². The number of likely N-dealkylation sites (N-methyl/N-ethyl adjacent to an activating group) is 1. The molecule has 302 valence electrons. The van der Waals surface area contributed by atoms with Crippen LogP contribution in [-0.4, -0.2) is 119 Å². The van der Waals surface area contributed by atoms with E-state index in [-0.39, 0.29) is 55.2 Å². The Kier molecular flexibility index (Phi) is 17.6. The van der Waals surface area contributed by atoms with E-state index < -0.39 is 47.3 Å². The highest BCUT2D eigenvalue weighted by molar-refractivity contribution is 5.94. The normalized spacial score (nSPS) is 18.2. The van der Waals surface area contributed by atoms with Crippen molar-refractivity contribution in [1.29, 1.82) is 0 Å². The molecule has 0 aliphatic carbocycles. The number of ether oxygens (including phenoxy) is 3. The minimum Gasteiger partial charge on any atom is -0.460 e. The van der Waals surface area contributed by atoms with Gasteiger partial charge in [0, 0.05) is 38.8 Å². The number of carbonyl (C=O) groups excluding carboxylic acids is 6. The van der Waals surface area contributed by atoms with E-state index in [4.69, 9.17) is 14.2 Å². The Labute approximate surface area is 317 Å². The van der Waals surface area contributed by atoms with Crippen LogP contribution in [-0.2, 0) is 33.4 Å². The lowest BCUT2D eigenvalue weighted by Crippen LogP contribution is -2.59. The molecule has 53 heavy (non-hydrogen) atoms. The zero-order valence-electron chi connectivity index (χ0n) is 34.1. The Morgan fingerprint density at radius 3 is 2.06 bits per heavy atom. The fourth-order valence-electron chi connectivity index (χ4n) is 6.42. The minimum absolute atomic E-state index is 0.137. The second kappa shape index (κ2) is 20.6. The van der Waals surface area contributed by atoms with Gasteiger partial charge in [0.15, 0.2) is 0 Å². The van der Waals surface area contributed by atoms with E-state index in [2.05, 4.69) is 10.6 Å². The van der Waals surface area contributed by atoms with Gasteiger partial charge in [0.2, 0.25) is 17.7 Å². The van der Waals surface area contributed by atoms with E-state index in [0.717, 1.165) is 0 Å². The molecule has 0 aromatic heterocycles. The Morgan fingerprint density at radius 1 is 0.887 bits per heavy atom. The van der Waals surface area contributed by atoms with Crippen molar-refractivity contribution in [2.45, 2.75) is 157 Å². The molecule has 2 aliphatic rings. The third-order valence-electron chi connectivity index (χ3n) is 8.98. The third-order valence-corrected chi connectivity index (χ3v) is 8.98. The fourth-order valence-corrected chi connectivity index (χ4v) is 6.42. The standard InChI is InChI=1S/C39H67N5O9/c1-12-40-33(46)29-17-15-22-43(29)35(48)32(26(2)3)41-34(47)30(16-13-14-18-31(45)51-27(4)5)44(37(50)53-39(9,10)11)25-21-28-19-23-42(24-20-28)36(49)52-38(6,7)8/h14,18,26-30,32H,12-13,15-17,19-25H2,1-11H3,(H,40,46)(H,41,47)/b18-14+/t29-,30-,32-/m0/s1. The SMILES string of the molecule is CCNC(=O)[C@@H]1CCCN1C(=O)[C@@H](NC(=O)[C@H](CC/C=C/C(=O)OC(C)C)N(CCC1CCN(C(=O)OC(C)(C)C)CC1)C(=O)OC(C)(C)C)C(C)C. The summed E-state index contributed by atoms with van der Waals surface area (Å²) in [5.41, 5.74) is -1.45. The first-order valence-electron chi connectivity index (χ1n) is 19.4. The number of rotatable bonds is 15. The summed E-state index contributed by atoms with van der Waals surface area (Å²) in [4.78, 5) is 84.6. The van der Waals surface area contributed by atoms with Crippen LogP contribution in [0.25, 0.3) is 0 Å². The van der Waals surface area contributed by atoms with Gasteiger partial charge in [-0.2, -0.15) is 0 Å². The lowest BCUT2D eigenvalue weighted by Gasteiger charge is -2.37. The van der Waals surface area contributed by atoms with Gasteiger partial charge in [-0.25, -0.2) is 14.4 Å². The molecule has 2 saturated heterocycles. The van der Waals surface area contributed by atoms with E-state index >= 15 is 0 Å². The number of nitrogens with one attached hydrogen (secondary N) is 2. The van der Waals surface area contributed by atoms with Crippen LogP contribution in [0.4, 0.5) is 9.59 Å². The molecule has 0 bridgehead atoms. The van der Waals surface area contributed by atoms with E-state index in [0.29, 0.717) is 58.3 Å². The second-order valence-electron chi connectivity index (χ2n) is 16.7. The number of esters is 1. The highest BCUT2D eigenvalue weighted by Crippen LogP contribution is 2.26. The van der Waals surface area contributed by atoms with Crippen LogP contribution in [0.3, 0.4) is 0 Å². The van der Waals surface area contributed by atoms with Crippen molar-refractivity contribution in [3.8, 4) is 0 Å². The maximum absolute atomic E-state index is 14.4. The van der Waals surface area contributed by atoms with Crippen molar-refractivity contribution < 1.29 is 43.0 Å². The summed E-state index contributed by atoms with van der Waals surface area (Å²) in [6, 6.07) is -2.62. The summed E-state index contributed by atoms with van der Waals surface area (Å²) < 4.78 is 16.6. The molecule has 14 heteroatoms. The summed E-state index contributed by atoms with van der Waals surface area (Å²) in [6.45, 7) is 21.8. The predicted molar refractivity (Wildman–Crippen MR) is 202 cm³/mol. The number of carbonyl (C=O) groups is 6. The minimum atomic E-state index is -1.05. The molecule has 0 unspecified atom stereocenters. The van der Waals surface area contributed by atoms with Gasteiger partial charge in [-0.1, -0.05) is 19.9 Å². The first-order valence-corrected chi connectivity index (χ1v) is 19.4. The number of nitrogens with zero attached hydrogens (tertiary/aromatic N) is 3. The molecule has 14 nitrogen and oxygen atoms in total. The van der Waals surface area contributed by atoms with E-state index in [1.165, 1.54) is 11.0 Å². The molecular weight excluding hydrogens is 682 g/mol. The van der Waals surface area contributed by atoms with Crippen LogP contribution >= 0.6 is 0 Å². The molecular formula is C39H67N5O9. The van der Waals surface area contributed by atoms with Gasteiger partial charge in [0.25, 0.3) is 0 Å². The molecule has 2 rings (SSSR count). The molecule has 2 aliphatic heterocycles. The third kappa shape index (κ3) is 15.6. The summed E-state index contributed by atoms with van der Waals surface area (Å²) >= 11 is 0. The Balaban J connectivity index is 2.37. The molecule has 0 saturated carbocycles. The highest BCUT2D eigenvalue weighted by Gasteiger charge is 2.41. The Morgan fingerprint density at radius 2 is 1.51 bits per heavy atom. The van der Waals surface area contributed by atoms with Crippen molar-refractivity contribution >= 4 is 35.9 Å². The van der Waals surface area contributed by atoms with Gasteiger partial charge in [0.05, 0.1) is 6.10 Å². The van der Waals surface area contributed by atoms with Gasteiger partial charge in [-0.15, -0.1) is 0 Å². The van der Waals surface area contributed by atoms with E-state index in [1.54, 1.807) is 50.5 Å². The van der Waals surface area contributed by atoms with Gasteiger partial charge in [0.1, 0.15) is 29.3 Å². The van der Waals surface area contributed by atoms with Crippen molar-refractivity contribution in [2.75, 3.05) is 32.7 Å². The molecule has 2 heterocycles. The molecule has 3 atom stereocenters. The zero-order chi connectivity index (χ0) is 40.1. The average molecular weight is 750 g/mol. The maximum atomic E-state index is 14.4. The van der Waals surface area contributed by atoms with Gasteiger partial charge in [-0.05, 0) is 119 Å². The Bertz CT molecular complexity index is 1280. The number of likely N-dealkylation sites (tertiary alicyclic amines) is 2. The van der Waals surface area contributed by atoms with E-state index in [9.17, 15) is 28.8 Å². The van der Waals surface area contributed by atoms with Crippen LogP contribution in [0.2, 0.25) is 0 Å². The number of allylic oxidation sites excluding steroid dienone is 1. The molecule has 5 amide bonds. The quantitative estimate of drug-likeness (QED) is 0.130. The number of hydrogen-bond donors (Lipinski definition) is 2. The molecule has 0 radical (unpaired) electrons.